The van der Waals surface area contributed by atoms with Crippen molar-refractivity contribution in [3.63, 3.8) is 0 Å². The Morgan fingerprint density at radius 2 is 2.18 bits per heavy atom. The SMILES string of the molecule is NCc1ccoc1COc1cc(F)cc(Br)c1. The van der Waals surface area contributed by atoms with Crippen molar-refractivity contribution in [1.82, 2.24) is 0 Å². The van der Waals surface area contributed by atoms with E-state index in [1.165, 1.54) is 12.1 Å². The fraction of sp³-hybridized carbons (Fsp3) is 0.167. The van der Waals surface area contributed by atoms with E-state index in [1.807, 2.05) is 0 Å². The van der Waals surface area contributed by atoms with Crippen LogP contribution in [0.3, 0.4) is 0 Å². The molecule has 0 unspecified atom stereocenters. The summed E-state index contributed by atoms with van der Waals surface area (Å²) < 4.78 is 24.4. The lowest BCUT2D eigenvalue weighted by atomic mass is 10.2. The highest BCUT2D eigenvalue weighted by atomic mass is 79.9. The van der Waals surface area contributed by atoms with Crippen LogP contribution in [-0.2, 0) is 13.2 Å². The molecule has 1 aromatic carbocycles. The standard InChI is InChI=1S/C12H11BrFNO2/c13-9-3-10(14)5-11(4-9)17-7-12-8(6-15)1-2-16-12/h1-5H,6-7,15H2. The van der Waals surface area contributed by atoms with Gasteiger partial charge >= 0.3 is 0 Å². The fourth-order valence-electron chi connectivity index (χ4n) is 1.44. The number of ether oxygens (including phenoxy) is 1. The van der Waals surface area contributed by atoms with Gasteiger partial charge in [0.15, 0.2) is 0 Å². The topological polar surface area (TPSA) is 48.4 Å². The second-order valence-corrected chi connectivity index (χ2v) is 4.38. The molecule has 0 aliphatic carbocycles. The van der Waals surface area contributed by atoms with Crippen molar-refractivity contribution in [1.29, 1.82) is 0 Å². The Morgan fingerprint density at radius 3 is 2.88 bits per heavy atom. The largest absolute Gasteiger partial charge is 0.486 e. The van der Waals surface area contributed by atoms with Gasteiger partial charge in [0.1, 0.15) is 23.9 Å². The smallest absolute Gasteiger partial charge is 0.146 e. The zero-order valence-corrected chi connectivity index (χ0v) is 10.5. The molecule has 17 heavy (non-hydrogen) atoms. The van der Waals surface area contributed by atoms with Gasteiger partial charge in [-0.15, -0.1) is 0 Å². The van der Waals surface area contributed by atoms with Gasteiger partial charge in [-0.25, -0.2) is 4.39 Å². The predicted octanol–water partition coefficient (Wildman–Crippen LogP) is 3.22. The second kappa shape index (κ2) is 5.33. The van der Waals surface area contributed by atoms with E-state index < -0.39 is 0 Å². The molecular formula is C12H11BrFNO2. The highest BCUT2D eigenvalue weighted by molar-refractivity contribution is 9.10. The molecule has 0 saturated heterocycles. The van der Waals surface area contributed by atoms with Crippen LogP contribution in [0, 0.1) is 5.82 Å². The zero-order chi connectivity index (χ0) is 12.3. The normalized spacial score (nSPS) is 10.5. The molecule has 2 rings (SSSR count). The summed E-state index contributed by atoms with van der Waals surface area (Å²) >= 11 is 3.20. The molecule has 0 spiro atoms. The molecule has 0 radical (unpaired) electrons. The number of rotatable bonds is 4. The first-order valence-corrected chi connectivity index (χ1v) is 5.82. The summed E-state index contributed by atoms with van der Waals surface area (Å²) in [5.41, 5.74) is 6.42. The first-order valence-electron chi connectivity index (χ1n) is 5.03. The Labute approximate surface area is 106 Å². The number of hydrogen-bond donors (Lipinski definition) is 1. The van der Waals surface area contributed by atoms with Gasteiger partial charge in [0, 0.05) is 22.6 Å². The van der Waals surface area contributed by atoms with Gasteiger partial charge < -0.3 is 14.9 Å². The summed E-state index contributed by atoms with van der Waals surface area (Å²) in [7, 11) is 0. The number of halogens is 2. The molecule has 2 N–H and O–H groups in total. The van der Waals surface area contributed by atoms with Crippen LogP contribution in [0.25, 0.3) is 0 Å². The lowest BCUT2D eigenvalue weighted by Gasteiger charge is -2.06. The van der Waals surface area contributed by atoms with E-state index in [9.17, 15) is 4.39 Å². The van der Waals surface area contributed by atoms with Crippen LogP contribution in [0.5, 0.6) is 5.75 Å². The molecule has 0 amide bonds. The van der Waals surface area contributed by atoms with Crippen LogP contribution < -0.4 is 10.5 Å². The van der Waals surface area contributed by atoms with Gasteiger partial charge in [0.2, 0.25) is 0 Å². The zero-order valence-electron chi connectivity index (χ0n) is 8.95. The van der Waals surface area contributed by atoms with Gasteiger partial charge in [-0.1, -0.05) is 15.9 Å². The summed E-state index contributed by atoms with van der Waals surface area (Å²) in [5, 5.41) is 0. The van der Waals surface area contributed by atoms with Crippen LogP contribution in [0.15, 0.2) is 39.4 Å². The van der Waals surface area contributed by atoms with Crippen LogP contribution in [0.1, 0.15) is 11.3 Å². The van der Waals surface area contributed by atoms with Crippen molar-refractivity contribution < 1.29 is 13.5 Å². The van der Waals surface area contributed by atoms with Crippen molar-refractivity contribution in [2.45, 2.75) is 13.2 Å². The summed E-state index contributed by atoms with van der Waals surface area (Å²) in [6.45, 7) is 0.622. The molecule has 0 aliphatic rings. The Hall–Kier alpha value is -1.33. The Bertz CT molecular complexity index is 493. The molecule has 0 atom stereocenters. The minimum Gasteiger partial charge on any atom is -0.486 e. The van der Waals surface area contributed by atoms with E-state index in [-0.39, 0.29) is 12.4 Å². The average molecular weight is 300 g/mol. The lowest BCUT2D eigenvalue weighted by Crippen LogP contribution is -2.02. The van der Waals surface area contributed by atoms with E-state index in [4.69, 9.17) is 14.9 Å². The Morgan fingerprint density at radius 1 is 1.35 bits per heavy atom. The van der Waals surface area contributed by atoms with Gasteiger partial charge in [0.05, 0.1) is 6.26 Å². The molecule has 5 heteroatoms. The molecule has 1 aromatic heterocycles. The minimum absolute atomic E-state index is 0.232. The summed E-state index contributed by atoms with van der Waals surface area (Å²) in [6.07, 6.45) is 1.56. The third-order valence-electron chi connectivity index (χ3n) is 2.26. The minimum atomic E-state index is -0.354. The van der Waals surface area contributed by atoms with E-state index in [1.54, 1.807) is 18.4 Å². The molecule has 0 bridgehead atoms. The summed E-state index contributed by atoms with van der Waals surface area (Å²) in [5.74, 6) is 0.747. The van der Waals surface area contributed by atoms with E-state index in [0.29, 0.717) is 22.5 Å². The third kappa shape index (κ3) is 3.08. The van der Waals surface area contributed by atoms with Crippen LogP contribution in [-0.4, -0.2) is 0 Å². The first kappa shape index (κ1) is 12.1. The number of hydrogen-bond acceptors (Lipinski definition) is 3. The third-order valence-corrected chi connectivity index (χ3v) is 2.72. The predicted molar refractivity (Wildman–Crippen MR) is 65.0 cm³/mol. The van der Waals surface area contributed by atoms with Crippen molar-refractivity contribution in [3.8, 4) is 5.75 Å². The Kier molecular flexibility index (Phi) is 3.81. The van der Waals surface area contributed by atoms with Crippen molar-refractivity contribution in [3.05, 3.63) is 52.1 Å². The van der Waals surface area contributed by atoms with Gasteiger partial charge in [-0.2, -0.15) is 0 Å². The highest BCUT2D eigenvalue weighted by Gasteiger charge is 2.06. The molecule has 0 fully saturated rings. The molecule has 2 aromatic rings. The lowest BCUT2D eigenvalue weighted by molar-refractivity contribution is 0.267. The van der Waals surface area contributed by atoms with Crippen LogP contribution in [0.2, 0.25) is 0 Å². The molecule has 1 heterocycles. The van der Waals surface area contributed by atoms with Gasteiger partial charge in [-0.05, 0) is 18.2 Å². The number of furan rings is 1. The van der Waals surface area contributed by atoms with Gasteiger partial charge in [0.25, 0.3) is 0 Å². The molecule has 0 aliphatic heterocycles. The van der Waals surface area contributed by atoms with Gasteiger partial charge in [-0.3, -0.25) is 0 Å². The molecule has 0 saturated carbocycles. The molecule has 90 valence electrons. The van der Waals surface area contributed by atoms with Crippen molar-refractivity contribution in [2.24, 2.45) is 5.73 Å². The van der Waals surface area contributed by atoms with Crippen LogP contribution >= 0.6 is 15.9 Å². The maximum Gasteiger partial charge on any atom is 0.146 e. The summed E-state index contributed by atoms with van der Waals surface area (Å²) in [6, 6.07) is 6.16. The Balaban J connectivity index is 2.07. The number of nitrogens with two attached hydrogens (primary N) is 1. The van der Waals surface area contributed by atoms with E-state index in [0.717, 1.165) is 5.56 Å². The summed E-state index contributed by atoms with van der Waals surface area (Å²) in [4.78, 5) is 0. The van der Waals surface area contributed by atoms with Crippen molar-refractivity contribution >= 4 is 15.9 Å². The fourth-order valence-corrected chi connectivity index (χ4v) is 1.88. The molecule has 3 nitrogen and oxygen atoms in total. The van der Waals surface area contributed by atoms with E-state index >= 15 is 0 Å². The van der Waals surface area contributed by atoms with Crippen LogP contribution in [0.4, 0.5) is 4.39 Å². The monoisotopic (exact) mass is 299 g/mol. The quantitative estimate of drug-likeness (QED) is 0.943. The van der Waals surface area contributed by atoms with Crippen molar-refractivity contribution in [2.75, 3.05) is 0 Å². The maximum atomic E-state index is 13.1. The number of benzene rings is 1. The average Bonchev–Trinajstić information content (AvgIpc) is 2.72. The second-order valence-electron chi connectivity index (χ2n) is 3.47. The molecular weight excluding hydrogens is 289 g/mol. The first-order chi connectivity index (χ1) is 8.19. The van der Waals surface area contributed by atoms with E-state index in [2.05, 4.69) is 15.9 Å². The maximum absolute atomic E-state index is 13.1. The highest BCUT2D eigenvalue weighted by Crippen LogP contribution is 2.22.